The van der Waals surface area contributed by atoms with Crippen LogP contribution < -0.4 is 21.0 Å². The van der Waals surface area contributed by atoms with Crippen molar-refractivity contribution in [3.05, 3.63) is 40.5 Å². The van der Waals surface area contributed by atoms with E-state index >= 15 is 0 Å². The molecule has 0 radical (unpaired) electrons. The zero-order valence-corrected chi connectivity index (χ0v) is 12.0. The van der Waals surface area contributed by atoms with Gasteiger partial charge in [-0.15, -0.1) is 40.5 Å². The Hall–Kier alpha value is -1.98. The van der Waals surface area contributed by atoms with Crippen LogP contribution in [0.25, 0.3) is 0 Å². The summed E-state index contributed by atoms with van der Waals surface area (Å²) in [6, 6.07) is 0. The fourth-order valence-electron chi connectivity index (χ4n) is 0. The first-order chi connectivity index (χ1) is 9.08. The average Bonchev–Trinajstić information content (AvgIpc) is 2.40. The van der Waals surface area contributed by atoms with E-state index in [4.69, 9.17) is 61.5 Å². The van der Waals surface area contributed by atoms with Crippen LogP contribution in [0.15, 0.2) is 0 Å². The van der Waals surface area contributed by atoms with E-state index in [0.717, 1.165) is 0 Å². The van der Waals surface area contributed by atoms with Crippen LogP contribution in [-0.2, 0) is 20.0 Å². The molecule has 0 bridgehead atoms. The van der Waals surface area contributed by atoms with E-state index in [9.17, 15) is 0 Å². The maximum Gasteiger partial charge on any atom is 4.00 e. The summed E-state index contributed by atoms with van der Waals surface area (Å²) in [6.45, 7) is 0. The Kier molecular flexibility index (Phi) is 39.7. The van der Waals surface area contributed by atoms with Crippen LogP contribution >= 0.6 is 0 Å². The predicted octanol–water partition coefficient (Wildman–Crippen LogP) is -6.12. The summed E-state index contributed by atoms with van der Waals surface area (Å²) >= 11 is 0. The van der Waals surface area contributed by atoms with Gasteiger partial charge in [-0.25, -0.2) is 0 Å². The van der Waals surface area contributed by atoms with Gasteiger partial charge < -0.3 is 41.0 Å². The van der Waals surface area contributed by atoms with Gasteiger partial charge in [-0.1, -0.05) is 0 Å². The van der Waals surface area contributed by atoms with Crippen molar-refractivity contribution in [3.8, 4) is 0 Å². The van der Waals surface area contributed by atoms with Gasteiger partial charge in [0.1, 0.15) is 0 Å². The van der Waals surface area contributed by atoms with Gasteiger partial charge in [0.05, 0.1) is 0 Å². The van der Waals surface area contributed by atoms with Gasteiger partial charge in [0.2, 0.25) is 0 Å². The summed E-state index contributed by atoms with van der Waals surface area (Å²) in [5.74, 6) is 0. The third-order valence-electron chi connectivity index (χ3n) is 0.243. The summed E-state index contributed by atoms with van der Waals surface area (Å²) < 4.78 is 0. The molecule has 0 amide bonds. The molecule has 0 fully saturated rings. The average molecular weight is 452 g/mol. The number of nitrogens with zero attached hydrogens (tertiary/aromatic N) is 4. The fraction of sp³-hybridized carbons (Fsp3) is 0. The Morgan fingerprint density at radius 3 is 0.524 bits per heavy atom. The Morgan fingerprint density at radius 1 is 0.476 bits per heavy atom. The molecule has 0 rings (SSSR count). The second kappa shape index (κ2) is 26.6. The molecule has 0 unspecified atom stereocenters. The monoisotopic (exact) mass is 452 g/mol. The molecule has 0 saturated carbocycles. The maximum absolute atomic E-state index is 8.64. The van der Waals surface area contributed by atoms with E-state index < -0.39 is 20.3 Å². The molecule has 0 aromatic carbocycles. The van der Waals surface area contributed by atoms with Crippen LogP contribution in [0.5, 0.6) is 0 Å². The molecule has 0 heterocycles. The van der Waals surface area contributed by atoms with Crippen molar-refractivity contribution in [2.24, 2.45) is 0 Å². The van der Waals surface area contributed by atoms with Crippen molar-refractivity contribution in [2.75, 3.05) is 0 Å². The Labute approximate surface area is 143 Å². The Balaban J connectivity index is -0.0000000533. The van der Waals surface area contributed by atoms with Gasteiger partial charge in [-0.05, 0) is 0 Å². The predicted molar refractivity (Wildman–Crippen MR) is 32.3 cm³/mol. The quantitative estimate of drug-likeness (QED) is 0.217. The first kappa shape index (κ1) is 31.4. The van der Waals surface area contributed by atoms with Crippen molar-refractivity contribution in [1.82, 2.24) is 0 Å². The zero-order valence-electron chi connectivity index (χ0n) is 8.82. The van der Waals surface area contributed by atoms with Crippen LogP contribution in [0, 0.1) is 82.2 Å². The summed E-state index contributed by atoms with van der Waals surface area (Å²) in [4.78, 5) is 43.4. The molecule has 0 aliphatic heterocycles. The third-order valence-corrected chi connectivity index (χ3v) is 0.243. The molecule has 21 heteroatoms. The summed E-state index contributed by atoms with van der Waals surface area (Å²) in [5.41, 5.74) is 0. The van der Waals surface area contributed by atoms with Gasteiger partial charge in [0.15, 0.2) is 0 Å². The van der Waals surface area contributed by atoms with Crippen molar-refractivity contribution in [3.63, 3.8) is 0 Å². The zero-order chi connectivity index (χ0) is 17.1. The number of rotatable bonds is 4. The van der Waals surface area contributed by atoms with E-state index in [2.05, 4.69) is 20.0 Å². The molecular formula is CeN4O16. The van der Waals surface area contributed by atoms with Crippen LogP contribution in [0.1, 0.15) is 0 Å². The molecule has 0 N–H and O–H groups in total. The van der Waals surface area contributed by atoms with Gasteiger partial charge in [0, 0.05) is 0 Å². The first-order valence-electron chi connectivity index (χ1n) is 2.86. The molecule has 0 saturated heterocycles. The van der Waals surface area contributed by atoms with Gasteiger partial charge >= 0.3 is 41.7 Å². The first-order valence-corrected chi connectivity index (χ1v) is 2.86. The van der Waals surface area contributed by atoms with Crippen LogP contribution in [0.2, 0.25) is 0 Å². The van der Waals surface area contributed by atoms with Crippen LogP contribution in [-0.4, -0.2) is 20.3 Å². The van der Waals surface area contributed by atoms with E-state index in [1.807, 2.05) is 0 Å². The SMILES string of the molecule is O=[N+]([O-])O[O-].O=[N+]([O-])O[O-].O=[N+]([O-])O[O-].O=[N+]([O-])O[O-].[Ce+4]. The maximum atomic E-state index is 8.64. The summed E-state index contributed by atoms with van der Waals surface area (Å²) in [5, 5.41) is 62.6. The van der Waals surface area contributed by atoms with Crippen molar-refractivity contribution in [1.29, 1.82) is 0 Å². The third kappa shape index (κ3) is 128. The molecule has 0 aliphatic rings. The van der Waals surface area contributed by atoms with E-state index in [1.165, 1.54) is 0 Å². The molecule has 21 heavy (non-hydrogen) atoms. The molecular weight excluding hydrogens is 452 g/mol. The second-order valence-corrected chi connectivity index (χ2v) is 1.19. The summed E-state index contributed by atoms with van der Waals surface area (Å²) in [7, 11) is 0. The second-order valence-electron chi connectivity index (χ2n) is 1.19. The standard InChI is InChI=1S/Ce.4HNO4/c;4*2-1(3)5-4/h;4*4H/q+4;;;;/p-4. The minimum absolute atomic E-state index is 0. The molecule has 0 aromatic heterocycles. The Morgan fingerprint density at radius 2 is 0.524 bits per heavy atom. The fourth-order valence-corrected chi connectivity index (χ4v) is 0. The normalized spacial score (nSPS) is 6.29. The van der Waals surface area contributed by atoms with E-state index in [-0.39, 0.29) is 41.7 Å². The topological polar surface area (TPSA) is 302 Å². The summed E-state index contributed by atoms with van der Waals surface area (Å²) in [6.07, 6.45) is 0. The van der Waals surface area contributed by atoms with Crippen molar-refractivity contribution in [2.45, 2.75) is 0 Å². The smallest absolute Gasteiger partial charge is 0.694 e. The van der Waals surface area contributed by atoms with Gasteiger partial charge in [-0.2, -0.15) is 0 Å². The number of hydrogen-bond acceptors (Lipinski definition) is 16. The largest absolute Gasteiger partial charge is 4.00 e. The number of hydrogen-bond donors (Lipinski definition) is 0. The van der Waals surface area contributed by atoms with Gasteiger partial charge in [0.25, 0.3) is 20.3 Å². The van der Waals surface area contributed by atoms with Crippen LogP contribution in [0.3, 0.4) is 0 Å². The molecule has 20 nitrogen and oxygen atoms in total. The van der Waals surface area contributed by atoms with E-state index in [0.29, 0.717) is 0 Å². The molecule has 0 aromatic rings. The van der Waals surface area contributed by atoms with E-state index in [1.54, 1.807) is 0 Å². The minimum atomic E-state index is -1.43. The molecule has 0 atom stereocenters. The minimum Gasteiger partial charge on any atom is -0.694 e. The van der Waals surface area contributed by atoms with Crippen LogP contribution in [0.4, 0.5) is 0 Å². The Bertz CT molecular complexity index is 217. The van der Waals surface area contributed by atoms with Crippen molar-refractivity contribution >= 4 is 0 Å². The molecule has 0 spiro atoms. The van der Waals surface area contributed by atoms with Crippen molar-refractivity contribution < 1.29 is 103 Å². The molecule has 0 aliphatic carbocycles. The van der Waals surface area contributed by atoms with Gasteiger partial charge in [-0.3, -0.25) is 0 Å². The molecule has 120 valence electrons.